The maximum absolute atomic E-state index is 11.9. The lowest BCUT2D eigenvalue weighted by atomic mass is 10.1. The summed E-state index contributed by atoms with van der Waals surface area (Å²) in [6, 6.07) is 6.03. The fourth-order valence-corrected chi connectivity index (χ4v) is 1.53. The Morgan fingerprint density at radius 1 is 1.26 bits per heavy atom. The second-order valence-electron chi connectivity index (χ2n) is 4.04. The first-order valence-electron chi connectivity index (χ1n) is 6.12. The summed E-state index contributed by atoms with van der Waals surface area (Å²) in [7, 11) is 0. The molecule has 19 heavy (non-hydrogen) atoms. The molecule has 0 unspecified atom stereocenters. The van der Waals surface area contributed by atoms with Crippen molar-refractivity contribution in [2.75, 3.05) is 13.1 Å². The fraction of sp³-hybridized carbons (Fsp3) is 0.462. The van der Waals surface area contributed by atoms with Gasteiger partial charge in [-0.05, 0) is 37.1 Å². The predicted octanol–water partition coefficient (Wildman–Crippen LogP) is 1.69. The lowest BCUT2D eigenvalue weighted by Gasteiger charge is -2.07. The number of carbonyl (C=O) groups is 1. The maximum atomic E-state index is 11.9. The average molecular weight is 272 g/mol. The highest BCUT2D eigenvalue weighted by Crippen LogP contribution is 2.15. The molecule has 106 valence electrons. The molecule has 1 rings (SSSR count). The third-order valence-corrected chi connectivity index (χ3v) is 2.47. The van der Waals surface area contributed by atoms with Crippen molar-refractivity contribution in [2.45, 2.75) is 25.9 Å². The zero-order valence-electron chi connectivity index (χ0n) is 10.6. The number of unbranched alkanes of at least 4 members (excludes halogenated alkanes) is 1. The summed E-state index contributed by atoms with van der Waals surface area (Å²) in [5.74, 6) is -0.0124. The van der Waals surface area contributed by atoms with Gasteiger partial charge in [-0.25, -0.2) is 0 Å². The first-order valence-corrected chi connectivity index (χ1v) is 6.12. The number of halogens is 2. The Morgan fingerprint density at radius 2 is 1.95 bits per heavy atom. The quantitative estimate of drug-likeness (QED) is 0.708. The Hall–Kier alpha value is -1.69. The van der Waals surface area contributed by atoms with Crippen LogP contribution in [0.15, 0.2) is 24.3 Å². The number of hydrogen-bond acceptors (Lipinski definition) is 3. The van der Waals surface area contributed by atoms with Crippen molar-refractivity contribution < 1.29 is 18.3 Å². The minimum atomic E-state index is -2.84. The number of rotatable bonds is 8. The van der Waals surface area contributed by atoms with Crippen molar-refractivity contribution in [2.24, 2.45) is 5.73 Å². The Kier molecular flexibility index (Phi) is 6.81. The number of hydrogen-bond donors (Lipinski definition) is 2. The summed E-state index contributed by atoms with van der Waals surface area (Å²) in [6.45, 7) is -1.62. The maximum Gasteiger partial charge on any atom is 0.387 e. The summed E-state index contributed by atoms with van der Waals surface area (Å²) < 4.78 is 28.1. The van der Waals surface area contributed by atoms with Crippen molar-refractivity contribution in [3.8, 4) is 5.75 Å². The van der Waals surface area contributed by atoms with Crippen molar-refractivity contribution in [3.63, 3.8) is 0 Å². The zero-order valence-corrected chi connectivity index (χ0v) is 10.6. The highest BCUT2D eigenvalue weighted by atomic mass is 19.3. The molecule has 0 bridgehead atoms. The molecule has 0 atom stereocenters. The lowest BCUT2D eigenvalue weighted by molar-refractivity contribution is -0.120. The van der Waals surface area contributed by atoms with Gasteiger partial charge in [0.05, 0.1) is 6.42 Å². The molecule has 0 heterocycles. The van der Waals surface area contributed by atoms with Gasteiger partial charge in [0.25, 0.3) is 0 Å². The Balaban J connectivity index is 2.34. The third kappa shape index (κ3) is 6.71. The molecule has 1 amide bonds. The van der Waals surface area contributed by atoms with Gasteiger partial charge in [0.2, 0.25) is 5.91 Å². The first kappa shape index (κ1) is 15.4. The van der Waals surface area contributed by atoms with Crippen LogP contribution < -0.4 is 15.8 Å². The van der Waals surface area contributed by atoms with E-state index in [2.05, 4.69) is 10.1 Å². The zero-order chi connectivity index (χ0) is 14.1. The average Bonchev–Trinajstić information content (AvgIpc) is 2.36. The second kappa shape index (κ2) is 8.42. The van der Waals surface area contributed by atoms with Gasteiger partial charge in [-0.1, -0.05) is 12.1 Å². The SMILES string of the molecule is NCCCCNC(=O)Cc1ccc(OC(F)F)cc1. The molecule has 0 aliphatic carbocycles. The number of carbonyl (C=O) groups excluding carboxylic acids is 1. The number of ether oxygens (including phenoxy) is 1. The van der Waals surface area contributed by atoms with Crippen LogP contribution in [0.4, 0.5) is 8.78 Å². The topological polar surface area (TPSA) is 64.3 Å². The Labute approximate surface area is 110 Å². The van der Waals surface area contributed by atoms with Crippen molar-refractivity contribution in [1.29, 1.82) is 0 Å². The van der Waals surface area contributed by atoms with Crippen molar-refractivity contribution in [3.05, 3.63) is 29.8 Å². The molecule has 4 nitrogen and oxygen atoms in total. The van der Waals surface area contributed by atoms with E-state index < -0.39 is 6.61 Å². The predicted molar refractivity (Wildman–Crippen MR) is 68.1 cm³/mol. The Morgan fingerprint density at radius 3 is 2.53 bits per heavy atom. The van der Waals surface area contributed by atoms with E-state index in [-0.39, 0.29) is 18.1 Å². The first-order chi connectivity index (χ1) is 9.11. The van der Waals surface area contributed by atoms with Crippen molar-refractivity contribution >= 4 is 5.91 Å². The van der Waals surface area contributed by atoms with Crippen LogP contribution in [0.1, 0.15) is 18.4 Å². The van der Waals surface area contributed by atoms with Gasteiger partial charge in [0.1, 0.15) is 5.75 Å². The largest absolute Gasteiger partial charge is 0.435 e. The van der Waals surface area contributed by atoms with Gasteiger partial charge < -0.3 is 15.8 Å². The minimum absolute atomic E-state index is 0.0853. The highest BCUT2D eigenvalue weighted by Gasteiger charge is 2.06. The monoisotopic (exact) mass is 272 g/mol. The van der Waals surface area contributed by atoms with Crippen LogP contribution in [0.5, 0.6) is 5.75 Å². The van der Waals surface area contributed by atoms with Gasteiger partial charge in [-0.15, -0.1) is 0 Å². The molecular formula is C13H18F2N2O2. The summed E-state index contributed by atoms with van der Waals surface area (Å²) in [5.41, 5.74) is 6.09. The minimum Gasteiger partial charge on any atom is -0.435 e. The third-order valence-electron chi connectivity index (χ3n) is 2.47. The molecule has 0 aromatic heterocycles. The normalized spacial score (nSPS) is 10.5. The van der Waals surface area contributed by atoms with E-state index in [9.17, 15) is 13.6 Å². The fourth-order valence-electron chi connectivity index (χ4n) is 1.53. The lowest BCUT2D eigenvalue weighted by Crippen LogP contribution is -2.26. The highest BCUT2D eigenvalue weighted by molar-refractivity contribution is 5.78. The number of nitrogens with two attached hydrogens (primary N) is 1. The van der Waals surface area contributed by atoms with Gasteiger partial charge >= 0.3 is 6.61 Å². The molecule has 0 aliphatic rings. The van der Waals surface area contributed by atoms with Gasteiger partial charge in [-0.3, -0.25) is 4.79 Å². The smallest absolute Gasteiger partial charge is 0.387 e. The summed E-state index contributed by atoms with van der Waals surface area (Å²) in [4.78, 5) is 11.5. The van der Waals surface area contributed by atoms with Crippen LogP contribution in [0.3, 0.4) is 0 Å². The van der Waals surface area contributed by atoms with E-state index >= 15 is 0 Å². The number of benzene rings is 1. The van der Waals surface area contributed by atoms with Crippen LogP contribution >= 0.6 is 0 Å². The molecule has 6 heteroatoms. The van der Waals surface area contributed by atoms with E-state index in [4.69, 9.17) is 5.73 Å². The molecule has 0 aliphatic heterocycles. The van der Waals surface area contributed by atoms with E-state index in [1.54, 1.807) is 12.1 Å². The second-order valence-corrected chi connectivity index (χ2v) is 4.04. The molecule has 0 spiro atoms. The van der Waals surface area contributed by atoms with Crippen LogP contribution in [-0.2, 0) is 11.2 Å². The van der Waals surface area contributed by atoms with E-state index in [1.807, 2.05) is 0 Å². The van der Waals surface area contributed by atoms with Crippen LogP contribution in [0.2, 0.25) is 0 Å². The molecule has 0 saturated heterocycles. The van der Waals surface area contributed by atoms with Crippen molar-refractivity contribution in [1.82, 2.24) is 5.32 Å². The van der Waals surface area contributed by atoms with E-state index in [0.29, 0.717) is 13.1 Å². The number of amides is 1. The molecule has 0 radical (unpaired) electrons. The van der Waals surface area contributed by atoms with E-state index in [1.165, 1.54) is 12.1 Å². The summed E-state index contributed by atoms with van der Waals surface area (Å²) >= 11 is 0. The molecule has 0 saturated carbocycles. The number of alkyl halides is 2. The molecule has 1 aromatic rings. The van der Waals surface area contributed by atoms with E-state index in [0.717, 1.165) is 18.4 Å². The molecular weight excluding hydrogens is 254 g/mol. The molecule has 3 N–H and O–H groups in total. The number of nitrogens with one attached hydrogen (secondary N) is 1. The van der Waals surface area contributed by atoms with Gasteiger partial charge in [-0.2, -0.15) is 8.78 Å². The van der Waals surface area contributed by atoms with Gasteiger partial charge in [0.15, 0.2) is 0 Å². The van der Waals surface area contributed by atoms with Crippen LogP contribution in [0.25, 0.3) is 0 Å². The standard InChI is InChI=1S/C13H18F2N2O2/c14-13(15)19-11-5-3-10(4-6-11)9-12(18)17-8-2-1-7-16/h3-6,13H,1-2,7-9,16H2,(H,17,18). The molecule has 1 aromatic carbocycles. The van der Waals surface area contributed by atoms with Gasteiger partial charge in [0, 0.05) is 6.54 Å². The Bertz CT molecular complexity index is 383. The summed E-state index contributed by atoms with van der Waals surface area (Å²) in [6.07, 6.45) is 1.95. The van der Waals surface area contributed by atoms with Crippen LogP contribution in [0, 0.1) is 0 Å². The molecule has 0 fully saturated rings. The van der Waals surface area contributed by atoms with Crippen LogP contribution in [-0.4, -0.2) is 25.6 Å². The summed E-state index contributed by atoms with van der Waals surface area (Å²) in [5, 5.41) is 2.77.